The lowest BCUT2D eigenvalue weighted by Gasteiger charge is -2.31. The summed E-state index contributed by atoms with van der Waals surface area (Å²) in [6.07, 6.45) is 2.15. The Labute approximate surface area is 161 Å². The smallest absolute Gasteiger partial charge is 0.272 e. The van der Waals surface area contributed by atoms with Crippen molar-refractivity contribution >= 4 is 28.0 Å². The summed E-state index contributed by atoms with van der Waals surface area (Å²) in [4.78, 5) is 28.3. The number of thiophene rings is 1. The summed E-state index contributed by atoms with van der Waals surface area (Å²) in [6, 6.07) is 11.3. The molecule has 4 rings (SSSR count). The van der Waals surface area contributed by atoms with Gasteiger partial charge in [0.05, 0.1) is 5.39 Å². The molecule has 1 aliphatic heterocycles. The highest BCUT2D eigenvalue weighted by molar-refractivity contribution is 7.09. The minimum absolute atomic E-state index is 0.233. The molecule has 1 amide bonds. The largest absolute Gasteiger partial charge is 0.350 e. The number of amides is 1. The van der Waals surface area contributed by atoms with Gasteiger partial charge in [-0.2, -0.15) is 5.10 Å². The van der Waals surface area contributed by atoms with Gasteiger partial charge < -0.3 is 5.32 Å². The molecule has 0 aliphatic carbocycles. The normalized spacial score (nSPS) is 15.9. The molecule has 140 valence electrons. The maximum atomic E-state index is 12.6. The number of benzene rings is 1. The van der Waals surface area contributed by atoms with Gasteiger partial charge >= 0.3 is 0 Å². The zero-order valence-corrected chi connectivity index (χ0v) is 15.8. The van der Waals surface area contributed by atoms with Crippen LogP contribution >= 0.6 is 11.3 Å². The van der Waals surface area contributed by atoms with Crippen molar-refractivity contribution in [2.24, 2.45) is 5.92 Å². The van der Waals surface area contributed by atoms with E-state index in [9.17, 15) is 9.59 Å². The van der Waals surface area contributed by atoms with Crippen LogP contribution in [0, 0.1) is 5.92 Å². The number of hydrogen-bond acceptors (Lipinski definition) is 5. The number of hydrogen-bond donors (Lipinski definition) is 2. The Hall–Kier alpha value is -2.51. The van der Waals surface area contributed by atoms with Crippen molar-refractivity contribution in [1.29, 1.82) is 0 Å². The number of fused-ring (bicyclic) bond motifs is 1. The van der Waals surface area contributed by atoms with E-state index in [-0.39, 0.29) is 17.2 Å². The molecule has 0 atom stereocenters. The van der Waals surface area contributed by atoms with Crippen molar-refractivity contribution in [1.82, 2.24) is 20.4 Å². The molecule has 0 saturated carbocycles. The maximum Gasteiger partial charge on any atom is 0.272 e. The average Bonchev–Trinajstić information content (AvgIpc) is 3.21. The van der Waals surface area contributed by atoms with Gasteiger partial charge in [0, 0.05) is 23.4 Å². The van der Waals surface area contributed by atoms with Crippen LogP contribution < -0.4 is 10.9 Å². The second kappa shape index (κ2) is 8.02. The van der Waals surface area contributed by atoms with Gasteiger partial charge in [0.1, 0.15) is 0 Å². The first-order chi connectivity index (χ1) is 13.2. The quantitative estimate of drug-likeness (QED) is 0.711. The molecular formula is C20H22N4O2S. The predicted molar refractivity (Wildman–Crippen MR) is 107 cm³/mol. The molecule has 6 nitrogen and oxygen atoms in total. The highest BCUT2D eigenvalue weighted by Gasteiger charge is 2.21. The van der Waals surface area contributed by atoms with Crippen LogP contribution in [0.2, 0.25) is 0 Å². The van der Waals surface area contributed by atoms with Gasteiger partial charge in [-0.05, 0) is 49.4 Å². The number of carbonyl (C=O) groups is 1. The van der Waals surface area contributed by atoms with Crippen molar-refractivity contribution in [3.63, 3.8) is 0 Å². The Morgan fingerprint density at radius 2 is 1.96 bits per heavy atom. The van der Waals surface area contributed by atoms with Crippen LogP contribution in [-0.4, -0.2) is 40.6 Å². The molecular weight excluding hydrogens is 360 g/mol. The summed E-state index contributed by atoms with van der Waals surface area (Å²) in [6.45, 7) is 3.77. The van der Waals surface area contributed by atoms with Crippen LogP contribution in [0.1, 0.15) is 28.2 Å². The molecule has 1 fully saturated rings. The number of piperidine rings is 1. The maximum absolute atomic E-state index is 12.6. The van der Waals surface area contributed by atoms with Crippen LogP contribution in [0.4, 0.5) is 0 Å². The first-order valence-electron chi connectivity index (χ1n) is 9.21. The van der Waals surface area contributed by atoms with Crippen molar-refractivity contribution in [3.05, 3.63) is 62.7 Å². The molecule has 0 radical (unpaired) electrons. The summed E-state index contributed by atoms with van der Waals surface area (Å²) < 4.78 is 0. The van der Waals surface area contributed by atoms with Gasteiger partial charge in [0.25, 0.3) is 11.5 Å². The van der Waals surface area contributed by atoms with Crippen molar-refractivity contribution in [2.45, 2.75) is 19.4 Å². The van der Waals surface area contributed by atoms with Crippen LogP contribution in [0.15, 0.2) is 46.6 Å². The lowest BCUT2D eigenvalue weighted by atomic mass is 9.96. The minimum Gasteiger partial charge on any atom is -0.350 e. The molecule has 2 N–H and O–H groups in total. The molecule has 3 heterocycles. The van der Waals surface area contributed by atoms with Crippen LogP contribution in [0.5, 0.6) is 0 Å². The predicted octanol–water partition coefficient (Wildman–Crippen LogP) is 2.63. The Morgan fingerprint density at radius 3 is 2.70 bits per heavy atom. The molecule has 7 heteroatoms. The third-order valence-electron chi connectivity index (χ3n) is 5.13. The van der Waals surface area contributed by atoms with E-state index in [1.807, 2.05) is 6.07 Å². The lowest BCUT2D eigenvalue weighted by molar-refractivity contribution is 0.0931. The highest BCUT2D eigenvalue weighted by atomic mass is 32.1. The Kier molecular flexibility index (Phi) is 5.31. The summed E-state index contributed by atoms with van der Waals surface area (Å²) in [7, 11) is 0. The summed E-state index contributed by atoms with van der Waals surface area (Å²) in [5, 5.41) is 12.6. The topological polar surface area (TPSA) is 78.1 Å². The minimum atomic E-state index is -0.278. The molecule has 3 aromatic rings. The van der Waals surface area contributed by atoms with E-state index in [4.69, 9.17) is 0 Å². The molecule has 0 unspecified atom stereocenters. The van der Waals surface area contributed by atoms with Gasteiger partial charge in [-0.25, -0.2) is 5.10 Å². The van der Waals surface area contributed by atoms with E-state index in [0.29, 0.717) is 23.2 Å². The standard InChI is InChI=1S/C20H22N4O2S/c25-19-17-6-2-1-5-16(17)18(22-23-19)20(26)21-12-14-7-9-24(10-8-14)13-15-4-3-11-27-15/h1-6,11,14H,7-10,12-13H2,(H,21,26)(H,23,25). The van der Waals surface area contributed by atoms with Gasteiger partial charge in [-0.1, -0.05) is 24.3 Å². The number of nitrogens with zero attached hydrogens (tertiary/aromatic N) is 2. The number of likely N-dealkylation sites (tertiary alicyclic amines) is 1. The first-order valence-corrected chi connectivity index (χ1v) is 10.1. The highest BCUT2D eigenvalue weighted by Crippen LogP contribution is 2.20. The zero-order valence-electron chi connectivity index (χ0n) is 15.0. The molecule has 1 aromatic carbocycles. The number of H-pyrrole nitrogens is 1. The number of nitrogens with one attached hydrogen (secondary N) is 2. The number of rotatable bonds is 5. The first kappa shape index (κ1) is 17.9. The third kappa shape index (κ3) is 4.09. The van der Waals surface area contributed by atoms with E-state index in [1.165, 1.54) is 4.88 Å². The van der Waals surface area contributed by atoms with E-state index < -0.39 is 0 Å². The zero-order chi connectivity index (χ0) is 18.6. The summed E-state index contributed by atoms with van der Waals surface area (Å²) >= 11 is 1.80. The van der Waals surface area contributed by atoms with Crippen molar-refractivity contribution in [2.75, 3.05) is 19.6 Å². The summed E-state index contributed by atoms with van der Waals surface area (Å²) in [5.74, 6) is 0.242. The molecule has 1 aliphatic rings. The molecule has 2 aromatic heterocycles. The lowest BCUT2D eigenvalue weighted by Crippen LogP contribution is -2.38. The number of aromatic nitrogens is 2. The van der Waals surface area contributed by atoms with E-state index in [1.54, 1.807) is 29.5 Å². The fraction of sp³-hybridized carbons (Fsp3) is 0.350. The van der Waals surface area contributed by atoms with Crippen molar-refractivity contribution < 1.29 is 4.79 Å². The molecule has 0 spiro atoms. The third-order valence-corrected chi connectivity index (χ3v) is 5.99. The monoisotopic (exact) mass is 382 g/mol. The SMILES string of the molecule is O=C(NCC1CCN(Cc2cccs2)CC1)c1n[nH]c(=O)c2ccccc12. The summed E-state index contributed by atoms with van der Waals surface area (Å²) in [5.41, 5.74) is 0.000550. The second-order valence-corrected chi connectivity index (χ2v) is 7.99. The Morgan fingerprint density at radius 1 is 1.19 bits per heavy atom. The van der Waals surface area contributed by atoms with E-state index in [2.05, 4.69) is 37.9 Å². The fourth-order valence-electron chi connectivity index (χ4n) is 3.58. The van der Waals surface area contributed by atoms with Crippen LogP contribution in [-0.2, 0) is 6.54 Å². The van der Waals surface area contributed by atoms with Gasteiger partial charge in [-0.15, -0.1) is 11.3 Å². The molecule has 27 heavy (non-hydrogen) atoms. The van der Waals surface area contributed by atoms with Crippen LogP contribution in [0.25, 0.3) is 10.8 Å². The number of aromatic amines is 1. The van der Waals surface area contributed by atoms with Crippen molar-refractivity contribution in [3.8, 4) is 0 Å². The second-order valence-electron chi connectivity index (χ2n) is 6.96. The fourth-order valence-corrected chi connectivity index (χ4v) is 4.33. The Balaban J connectivity index is 1.33. The van der Waals surface area contributed by atoms with Gasteiger partial charge in [0.2, 0.25) is 0 Å². The molecule has 1 saturated heterocycles. The van der Waals surface area contributed by atoms with Gasteiger partial charge in [-0.3, -0.25) is 14.5 Å². The van der Waals surface area contributed by atoms with E-state index in [0.717, 1.165) is 32.5 Å². The Bertz CT molecular complexity index is 975. The average molecular weight is 382 g/mol. The van der Waals surface area contributed by atoms with E-state index >= 15 is 0 Å². The number of carbonyl (C=O) groups excluding carboxylic acids is 1. The van der Waals surface area contributed by atoms with Crippen LogP contribution in [0.3, 0.4) is 0 Å². The molecule has 0 bridgehead atoms. The van der Waals surface area contributed by atoms with Gasteiger partial charge in [0.15, 0.2) is 5.69 Å².